The van der Waals surface area contributed by atoms with Crippen LogP contribution in [0.3, 0.4) is 0 Å². The average Bonchev–Trinajstić information content (AvgIpc) is 3.25. The summed E-state index contributed by atoms with van der Waals surface area (Å²) >= 11 is 0. The lowest BCUT2D eigenvalue weighted by Crippen LogP contribution is -2.48. The summed E-state index contributed by atoms with van der Waals surface area (Å²) < 4.78 is 7.98. The summed E-state index contributed by atoms with van der Waals surface area (Å²) in [7, 11) is 1.86. The Bertz CT molecular complexity index is 749. The zero-order chi connectivity index (χ0) is 19.8. The van der Waals surface area contributed by atoms with Crippen LogP contribution < -0.4 is 5.32 Å². The number of hydrogen-bond donors (Lipinski definition) is 1. The third-order valence-corrected chi connectivity index (χ3v) is 5.50. The van der Waals surface area contributed by atoms with Gasteiger partial charge in [-0.2, -0.15) is 0 Å². The Hall–Kier alpha value is -1.61. The molecule has 0 radical (unpaired) electrons. The highest BCUT2D eigenvalue weighted by Gasteiger charge is 2.28. The van der Waals surface area contributed by atoms with Crippen LogP contribution >= 0.6 is 24.0 Å². The summed E-state index contributed by atoms with van der Waals surface area (Å²) in [6.45, 7) is 8.63. The molecule has 1 aliphatic rings. The summed E-state index contributed by atoms with van der Waals surface area (Å²) in [4.78, 5) is 11.1. The Morgan fingerprint density at radius 3 is 2.79 bits per heavy atom. The number of nitrogens with zero attached hydrogens (tertiary/aromatic N) is 4. The smallest absolute Gasteiger partial charge is 0.193 e. The van der Waals surface area contributed by atoms with E-state index < -0.39 is 0 Å². The van der Waals surface area contributed by atoms with Gasteiger partial charge in [-0.3, -0.25) is 4.99 Å². The summed E-state index contributed by atoms with van der Waals surface area (Å²) in [5, 5.41) is 3.56. The number of hydrogen-bond acceptors (Lipinski definition) is 3. The van der Waals surface area contributed by atoms with Crippen molar-refractivity contribution in [3.8, 4) is 0 Å². The van der Waals surface area contributed by atoms with Gasteiger partial charge < -0.3 is 19.5 Å². The number of aromatic nitrogens is 2. The van der Waals surface area contributed by atoms with Gasteiger partial charge in [-0.05, 0) is 29.9 Å². The van der Waals surface area contributed by atoms with Gasteiger partial charge in [-0.25, -0.2) is 4.98 Å². The molecule has 0 spiro atoms. The lowest BCUT2D eigenvalue weighted by Gasteiger charge is -2.39. The van der Waals surface area contributed by atoms with Crippen molar-refractivity contribution < 1.29 is 4.74 Å². The van der Waals surface area contributed by atoms with Crippen LogP contribution in [0.2, 0.25) is 0 Å². The van der Waals surface area contributed by atoms with Crippen molar-refractivity contribution >= 4 is 29.9 Å². The van der Waals surface area contributed by atoms with Crippen molar-refractivity contribution in [3.05, 3.63) is 54.1 Å². The molecule has 3 rings (SSSR count). The highest BCUT2D eigenvalue weighted by atomic mass is 127. The molecule has 7 heteroatoms. The van der Waals surface area contributed by atoms with Crippen LogP contribution in [-0.4, -0.2) is 47.2 Å². The molecule has 1 N–H and O–H groups in total. The standard InChI is InChI=1S/C22H33N5O.HI/c1-4-13-28-16-20-8-6-5-7-19(20)14-25-22(23-3)26-11-9-18(2)21(15-26)27-12-10-24-17-27;/h5-8,10,12,17-18,21H,4,9,11,13-16H2,1-3H3,(H,23,25);1H. The topological polar surface area (TPSA) is 54.7 Å². The van der Waals surface area contributed by atoms with Crippen molar-refractivity contribution in [3.63, 3.8) is 0 Å². The molecule has 1 aromatic carbocycles. The van der Waals surface area contributed by atoms with E-state index in [2.05, 4.69) is 69.1 Å². The predicted octanol–water partition coefficient (Wildman–Crippen LogP) is 4.09. The maximum Gasteiger partial charge on any atom is 0.193 e. The third-order valence-electron chi connectivity index (χ3n) is 5.50. The number of halogens is 1. The number of piperidine rings is 1. The highest BCUT2D eigenvalue weighted by molar-refractivity contribution is 14.0. The number of ether oxygens (including phenoxy) is 1. The number of rotatable bonds is 7. The fraction of sp³-hybridized carbons (Fsp3) is 0.545. The maximum atomic E-state index is 5.75. The van der Waals surface area contributed by atoms with Crippen LogP contribution in [-0.2, 0) is 17.9 Å². The summed E-state index contributed by atoms with van der Waals surface area (Å²) in [6.07, 6.45) is 8.03. The first-order chi connectivity index (χ1) is 13.7. The van der Waals surface area contributed by atoms with Crippen LogP contribution in [0.4, 0.5) is 0 Å². The molecule has 1 aliphatic heterocycles. The van der Waals surface area contributed by atoms with Crippen molar-refractivity contribution in [1.29, 1.82) is 0 Å². The van der Waals surface area contributed by atoms with E-state index in [4.69, 9.17) is 4.74 Å². The van der Waals surface area contributed by atoms with Crippen LogP contribution in [0.1, 0.15) is 43.9 Å². The van der Waals surface area contributed by atoms with E-state index >= 15 is 0 Å². The fourth-order valence-corrected chi connectivity index (χ4v) is 3.80. The second-order valence-corrected chi connectivity index (χ2v) is 7.51. The number of guanidine groups is 1. The van der Waals surface area contributed by atoms with E-state index in [1.165, 1.54) is 11.1 Å². The molecule has 1 fully saturated rings. The molecule has 6 nitrogen and oxygen atoms in total. The monoisotopic (exact) mass is 511 g/mol. The quantitative estimate of drug-likeness (QED) is 0.264. The van der Waals surface area contributed by atoms with E-state index in [1.54, 1.807) is 0 Å². The normalized spacial score (nSPS) is 19.7. The van der Waals surface area contributed by atoms with Crippen molar-refractivity contribution in [2.24, 2.45) is 10.9 Å². The minimum atomic E-state index is 0. The Morgan fingerprint density at radius 1 is 1.31 bits per heavy atom. The minimum Gasteiger partial charge on any atom is -0.377 e. The summed E-state index contributed by atoms with van der Waals surface area (Å²) in [5.41, 5.74) is 2.50. The highest BCUT2D eigenvalue weighted by Crippen LogP contribution is 2.27. The fourth-order valence-electron chi connectivity index (χ4n) is 3.80. The molecule has 1 aromatic heterocycles. The largest absolute Gasteiger partial charge is 0.377 e. The summed E-state index contributed by atoms with van der Waals surface area (Å²) in [6, 6.07) is 8.89. The zero-order valence-corrected chi connectivity index (χ0v) is 20.1. The second kappa shape index (κ2) is 12.2. The van der Waals surface area contributed by atoms with Gasteiger partial charge in [0.15, 0.2) is 5.96 Å². The van der Waals surface area contributed by atoms with Crippen LogP contribution in [0.25, 0.3) is 0 Å². The molecule has 2 atom stereocenters. The van der Waals surface area contributed by atoms with Crippen molar-refractivity contribution in [2.75, 3.05) is 26.7 Å². The van der Waals surface area contributed by atoms with Crippen molar-refractivity contribution in [1.82, 2.24) is 19.8 Å². The molecule has 0 bridgehead atoms. The first kappa shape index (κ1) is 23.7. The summed E-state index contributed by atoms with van der Waals surface area (Å²) in [5.74, 6) is 1.58. The first-order valence-corrected chi connectivity index (χ1v) is 10.3. The van der Waals surface area contributed by atoms with Gasteiger partial charge in [-0.15, -0.1) is 24.0 Å². The van der Waals surface area contributed by atoms with Crippen LogP contribution in [0, 0.1) is 5.92 Å². The number of likely N-dealkylation sites (tertiary alicyclic amines) is 1. The molecular weight excluding hydrogens is 477 g/mol. The van der Waals surface area contributed by atoms with E-state index in [1.807, 2.05) is 19.6 Å². The SMILES string of the molecule is CCCOCc1ccccc1CNC(=NC)N1CCC(C)C(n2ccnc2)C1.I. The molecule has 29 heavy (non-hydrogen) atoms. The number of benzene rings is 1. The Kier molecular flexibility index (Phi) is 9.93. The molecule has 0 saturated carbocycles. The predicted molar refractivity (Wildman–Crippen MR) is 129 cm³/mol. The molecule has 1 saturated heterocycles. The van der Waals surface area contributed by atoms with E-state index in [-0.39, 0.29) is 24.0 Å². The van der Waals surface area contributed by atoms with Gasteiger partial charge in [0.25, 0.3) is 0 Å². The molecular formula is C22H34IN5O. The van der Waals surface area contributed by atoms with E-state index in [0.29, 0.717) is 18.6 Å². The maximum absolute atomic E-state index is 5.75. The van der Waals surface area contributed by atoms with Gasteiger partial charge in [0, 0.05) is 45.7 Å². The first-order valence-electron chi connectivity index (χ1n) is 10.3. The third kappa shape index (κ3) is 6.44. The molecule has 160 valence electrons. The van der Waals surface area contributed by atoms with Crippen LogP contribution in [0.15, 0.2) is 48.0 Å². The minimum absolute atomic E-state index is 0. The lowest BCUT2D eigenvalue weighted by molar-refractivity contribution is 0.121. The van der Waals surface area contributed by atoms with Gasteiger partial charge >= 0.3 is 0 Å². The molecule has 2 unspecified atom stereocenters. The van der Waals surface area contributed by atoms with E-state index in [9.17, 15) is 0 Å². The van der Waals surface area contributed by atoms with Crippen molar-refractivity contribution in [2.45, 2.75) is 45.9 Å². The number of aliphatic imine (C=N–C) groups is 1. The van der Waals surface area contributed by atoms with Crippen LogP contribution in [0.5, 0.6) is 0 Å². The Balaban J connectivity index is 0.00000300. The Morgan fingerprint density at radius 2 is 2.10 bits per heavy atom. The van der Waals surface area contributed by atoms with Gasteiger partial charge in [-0.1, -0.05) is 38.1 Å². The van der Waals surface area contributed by atoms with E-state index in [0.717, 1.165) is 45.0 Å². The number of imidazole rings is 1. The average molecular weight is 511 g/mol. The lowest BCUT2D eigenvalue weighted by atomic mass is 9.93. The molecule has 2 heterocycles. The molecule has 0 aliphatic carbocycles. The second-order valence-electron chi connectivity index (χ2n) is 7.51. The zero-order valence-electron chi connectivity index (χ0n) is 17.8. The Labute approximate surface area is 191 Å². The number of nitrogens with one attached hydrogen (secondary N) is 1. The molecule has 2 aromatic rings. The molecule has 0 amide bonds. The van der Waals surface area contributed by atoms with Gasteiger partial charge in [0.1, 0.15) is 0 Å². The van der Waals surface area contributed by atoms with Gasteiger partial charge in [0.2, 0.25) is 0 Å². The van der Waals surface area contributed by atoms with Gasteiger partial charge in [0.05, 0.1) is 19.0 Å².